The molecule has 100 valence electrons. The normalized spacial score (nSPS) is 9.60. The van der Waals surface area contributed by atoms with E-state index in [4.69, 9.17) is 10.00 Å². The van der Waals surface area contributed by atoms with E-state index in [0.717, 1.165) is 6.33 Å². The summed E-state index contributed by atoms with van der Waals surface area (Å²) >= 11 is 0. The molecule has 2 aromatic rings. The van der Waals surface area contributed by atoms with Crippen LogP contribution in [0.4, 0.5) is 11.5 Å². The summed E-state index contributed by atoms with van der Waals surface area (Å²) in [4.78, 5) is 18.0. The summed E-state index contributed by atoms with van der Waals surface area (Å²) in [5.74, 6) is 0.237. The minimum Gasteiger partial charge on any atom is -0.434 e. The van der Waals surface area contributed by atoms with Crippen molar-refractivity contribution < 1.29 is 9.66 Å². The minimum absolute atomic E-state index is 0.0636. The first kappa shape index (κ1) is 13.2. The van der Waals surface area contributed by atoms with Gasteiger partial charge in [-0.05, 0) is 24.3 Å². The number of anilines is 1. The number of rotatable bonds is 4. The maximum Gasteiger partial charge on any atom is 0.373 e. The van der Waals surface area contributed by atoms with Gasteiger partial charge < -0.3 is 10.1 Å². The average Bonchev–Trinajstić information content (AvgIpc) is 2.47. The van der Waals surface area contributed by atoms with E-state index in [9.17, 15) is 10.1 Å². The number of ether oxygens (including phenoxy) is 1. The van der Waals surface area contributed by atoms with Crippen LogP contribution in [0.15, 0.2) is 30.6 Å². The van der Waals surface area contributed by atoms with Gasteiger partial charge in [-0.2, -0.15) is 10.2 Å². The molecule has 2 rings (SSSR count). The first-order valence-corrected chi connectivity index (χ1v) is 5.51. The van der Waals surface area contributed by atoms with Gasteiger partial charge in [0.1, 0.15) is 12.1 Å². The molecule has 0 aliphatic rings. The first-order valence-electron chi connectivity index (χ1n) is 5.51. The number of aromatic nitrogens is 2. The van der Waals surface area contributed by atoms with Crippen molar-refractivity contribution in [1.29, 1.82) is 5.26 Å². The molecule has 0 atom stereocenters. The van der Waals surface area contributed by atoms with Crippen LogP contribution in [0.5, 0.6) is 11.6 Å². The van der Waals surface area contributed by atoms with E-state index in [1.165, 1.54) is 19.2 Å². The van der Waals surface area contributed by atoms with E-state index >= 15 is 0 Å². The molecular formula is C12H9N5O3. The zero-order chi connectivity index (χ0) is 14.5. The molecule has 0 fully saturated rings. The van der Waals surface area contributed by atoms with Crippen molar-refractivity contribution in [3.63, 3.8) is 0 Å². The molecule has 0 bridgehead atoms. The van der Waals surface area contributed by atoms with Crippen molar-refractivity contribution in [1.82, 2.24) is 9.97 Å². The highest BCUT2D eigenvalue weighted by atomic mass is 16.6. The maximum atomic E-state index is 11.1. The van der Waals surface area contributed by atoms with Crippen LogP contribution in [0.3, 0.4) is 0 Å². The second kappa shape index (κ2) is 5.62. The Hall–Kier alpha value is -3.21. The lowest BCUT2D eigenvalue weighted by molar-refractivity contribution is -0.385. The quantitative estimate of drug-likeness (QED) is 0.668. The van der Waals surface area contributed by atoms with Crippen LogP contribution >= 0.6 is 0 Å². The molecular weight excluding hydrogens is 262 g/mol. The Morgan fingerprint density at radius 2 is 2.05 bits per heavy atom. The van der Waals surface area contributed by atoms with Gasteiger partial charge >= 0.3 is 11.6 Å². The number of hydrogen-bond donors (Lipinski definition) is 1. The van der Waals surface area contributed by atoms with Gasteiger partial charge in [-0.3, -0.25) is 10.1 Å². The molecule has 0 amide bonds. The molecule has 0 spiro atoms. The van der Waals surface area contributed by atoms with Gasteiger partial charge in [0.15, 0.2) is 0 Å². The first-order chi connectivity index (χ1) is 9.65. The third-order valence-electron chi connectivity index (χ3n) is 2.41. The van der Waals surface area contributed by atoms with Crippen molar-refractivity contribution >= 4 is 11.5 Å². The Kier molecular flexibility index (Phi) is 3.72. The number of benzene rings is 1. The second-order valence-corrected chi connectivity index (χ2v) is 3.62. The van der Waals surface area contributed by atoms with Gasteiger partial charge in [0.25, 0.3) is 0 Å². The minimum atomic E-state index is -0.620. The molecule has 0 aliphatic carbocycles. The molecule has 0 radical (unpaired) electrons. The largest absolute Gasteiger partial charge is 0.434 e. The topological polar surface area (TPSA) is 114 Å². The number of nitriles is 1. The zero-order valence-corrected chi connectivity index (χ0v) is 10.4. The van der Waals surface area contributed by atoms with Gasteiger partial charge in [-0.25, -0.2) is 4.98 Å². The summed E-state index contributed by atoms with van der Waals surface area (Å²) in [6.07, 6.45) is 1.16. The molecule has 0 saturated heterocycles. The molecule has 1 heterocycles. The highest BCUT2D eigenvalue weighted by molar-refractivity contribution is 5.61. The second-order valence-electron chi connectivity index (χ2n) is 3.62. The van der Waals surface area contributed by atoms with Crippen LogP contribution < -0.4 is 10.1 Å². The van der Waals surface area contributed by atoms with E-state index in [2.05, 4.69) is 15.3 Å². The fourth-order valence-electron chi connectivity index (χ4n) is 1.49. The summed E-state index contributed by atoms with van der Waals surface area (Å²) in [6.45, 7) is 0. The predicted molar refractivity (Wildman–Crippen MR) is 69.5 cm³/mol. The number of nitro groups is 1. The predicted octanol–water partition coefficient (Wildman–Crippen LogP) is 2.09. The Morgan fingerprint density at radius 3 is 2.60 bits per heavy atom. The van der Waals surface area contributed by atoms with Gasteiger partial charge in [0.05, 0.1) is 16.6 Å². The third-order valence-corrected chi connectivity index (χ3v) is 2.41. The molecule has 20 heavy (non-hydrogen) atoms. The molecule has 0 saturated carbocycles. The summed E-state index contributed by atoms with van der Waals surface area (Å²) < 4.78 is 5.37. The summed E-state index contributed by atoms with van der Waals surface area (Å²) in [5.41, 5.74) is 0.116. The number of nitrogens with one attached hydrogen (secondary N) is 1. The Morgan fingerprint density at radius 1 is 1.35 bits per heavy atom. The van der Waals surface area contributed by atoms with Crippen LogP contribution in [-0.4, -0.2) is 21.9 Å². The Bertz CT molecular complexity index is 678. The average molecular weight is 271 g/mol. The lowest BCUT2D eigenvalue weighted by atomic mass is 10.2. The molecule has 0 unspecified atom stereocenters. The smallest absolute Gasteiger partial charge is 0.373 e. The van der Waals surface area contributed by atoms with Crippen molar-refractivity contribution in [2.24, 2.45) is 0 Å². The Labute approximate surface area is 113 Å². The van der Waals surface area contributed by atoms with Crippen molar-refractivity contribution in [2.75, 3.05) is 12.4 Å². The molecule has 8 nitrogen and oxygen atoms in total. The van der Waals surface area contributed by atoms with Crippen LogP contribution in [0, 0.1) is 21.4 Å². The zero-order valence-electron chi connectivity index (χ0n) is 10.4. The molecule has 1 aromatic heterocycles. The van der Waals surface area contributed by atoms with Crippen LogP contribution in [0.25, 0.3) is 0 Å². The van der Waals surface area contributed by atoms with Gasteiger partial charge in [0, 0.05) is 7.05 Å². The van der Waals surface area contributed by atoms with Crippen LogP contribution in [0.2, 0.25) is 0 Å². The van der Waals surface area contributed by atoms with E-state index in [-0.39, 0.29) is 17.4 Å². The number of nitrogens with zero attached hydrogens (tertiary/aromatic N) is 4. The summed E-state index contributed by atoms with van der Waals surface area (Å²) in [6, 6.07) is 8.11. The van der Waals surface area contributed by atoms with E-state index in [1.54, 1.807) is 12.1 Å². The van der Waals surface area contributed by atoms with E-state index in [1.807, 2.05) is 6.07 Å². The summed E-state index contributed by atoms with van der Waals surface area (Å²) in [7, 11) is 1.51. The fraction of sp³-hybridized carbons (Fsp3) is 0.0833. The lowest BCUT2D eigenvalue weighted by Gasteiger charge is -2.07. The van der Waals surface area contributed by atoms with Crippen LogP contribution in [0.1, 0.15) is 5.56 Å². The Balaban J connectivity index is 2.37. The van der Waals surface area contributed by atoms with Crippen LogP contribution in [-0.2, 0) is 0 Å². The molecule has 1 N–H and O–H groups in total. The van der Waals surface area contributed by atoms with E-state index < -0.39 is 4.92 Å². The van der Waals surface area contributed by atoms with Crippen molar-refractivity contribution in [3.8, 4) is 17.7 Å². The summed E-state index contributed by atoms with van der Waals surface area (Å²) in [5, 5.41) is 22.4. The number of hydrogen-bond acceptors (Lipinski definition) is 7. The van der Waals surface area contributed by atoms with E-state index in [0.29, 0.717) is 11.3 Å². The highest BCUT2D eigenvalue weighted by Gasteiger charge is 2.24. The molecule has 1 aromatic carbocycles. The maximum absolute atomic E-state index is 11.1. The van der Waals surface area contributed by atoms with Crippen molar-refractivity contribution in [2.45, 2.75) is 0 Å². The van der Waals surface area contributed by atoms with Crippen molar-refractivity contribution in [3.05, 3.63) is 46.3 Å². The lowest BCUT2D eigenvalue weighted by Crippen LogP contribution is -2.03. The SMILES string of the molecule is CNc1ncnc(Oc2ccc(C#N)cc2)c1[N+](=O)[O-]. The molecule has 8 heteroatoms. The monoisotopic (exact) mass is 271 g/mol. The van der Waals surface area contributed by atoms with Gasteiger partial charge in [-0.1, -0.05) is 0 Å². The highest BCUT2D eigenvalue weighted by Crippen LogP contribution is 2.33. The van der Waals surface area contributed by atoms with Gasteiger partial charge in [0.2, 0.25) is 5.82 Å². The fourth-order valence-corrected chi connectivity index (χ4v) is 1.49. The molecule has 0 aliphatic heterocycles. The standard InChI is InChI=1S/C12H9N5O3/c1-14-11-10(17(18)19)12(16-7-15-11)20-9-4-2-8(6-13)3-5-9/h2-5,7H,1H3,(H,14,15,16). The van der Waals surface area contributed by atoms with Gasteiger partial charge in [-0.15, -0.1) is 0 Å². The third kappa shape index (κ3) is 2.62.